The predicted octanol–water partition coefficient (Wildman–Crippen LogP) is 4.20. The van der Waals surface area contributed by atoms with E-state index in [0.717, 1.165) is 12.0 Å². The minimum Gasteiger partial charge on any atom is -0.384 e. The van der Waals surface area contributed by atoms with Crippen LogP contribution in [0, 0.1) is 11.8 Å². The molecule has 1 nitrogen and oxygen atoms in total. The van der Waals surface area contributed by atoms with Gasteiger partial charge in [-0.2, -0.15) is 0 Å². The highest BCUT2D eigenvalue weighted by molar-refractivity contribution is 7.20. The van der Waals surface area contributed by atoms with Crippen molar-refractivity contribution in [2.45, 2.75) is 25.7 Å². The zero-order valence-electron chi connectivity index (χ0n) is 10.8. The van der Waals surface area contributed by atoms with E-state index in [-0.39, 0.29) is 6.61 Å². The summed E-state index contributed by atoms with van der Waals surface area (Å²) in [5.41, 5.74) is 2.54. The summed E-state index contributed by atoms with van der Waals surface area (Å²) in [6.07, 6.45) is 7.26. The topological polar surface area (TPSA) is 20.2 Å². The lowest BCUT2D eigenvalue weighted by molar-refractivity contribution is 0.350. The standard InChI is InChI=1S/C17H16OS/c18-12-6-10-15-14-9-4-5-11-16(14)19-17(15)13-7-2-1-3-8-13/h4-5,7,9,11,18H,1-3,8,12H2. The van der Waals surface area contributed by atoms with E-state index in [0.29, 0.717) is 0 Å². The van der Waals surface area contributed by atoms with Crippen LogP contribution in [-0.4, -0.2) is 11.7 Å². The summed E-state index contributed by atoms with van der Waals surface area (Å²) in [6.45, 7) is -0.0807. The van der Waals surface area contributed by atoms with Gasteiger partial charge in [0.05, 0.1) is 5.56 Å². The summed E-state index contributed by atoms with van der Waals surface area (Å²) < 4.78 is 1.28. The van der Waals surface area contributed by atoms with Gasteiger partial charge in [-0.3, -0.25) is 0 Å². The zero-order chi connectivity index (χ0) is 13.1. The number of hydrogen-bond acceptors (Lipinski definition) is 2. The molecule has 1 N–H and O–H groups in total. The van der Waals surface area contributed by atoms with Crippen LogP contribution in [0.25, 0.3) is 15.7 Å². The molecule has 0 saturated heterocycles. The van der Waals surface area contributed by atoms with E-state index in [1.807, 2.05) is 11.3 Å². The molecule has 0 saturated carbocycles. The molecule has 0 aliphatic heterocycles. The second-order valence-electron chi connectivity index (χ2n) is 4.74. The van der Waals surface area contributed by atoms with Gasteiger partial charge in [0.15, 0.2) is 0 Å². The summed E-state index contributed by atoms with van der Waals surface area (Å²) in [5.74, 6) is 5.96. The van der Waals surface area contributed by atoms with Gasteiger partial charge in [0, 0.05) is 15.0 Å². The Morgan fingerprint density at radius 2 is 2.11 bits per heavy atom. The van der Waals surface area contributed by atoms with Crippen molar-refractivity contribution in [3.63, 3.8) is 0 Å². The highest BCUT2D eigenvalue weighted by Crippen LogP contribution is 2.38. The Morgan fingerprint density at radius 1 is 1.21 bits per heavy atom. The van der Waals surface area contributed by atoms with Crippen LogP contribution in [0.15, 0.2) is 30.3 Å². The maximum Gasteiger partial charge on any atom is 0.104 e. The molecular formula is C17H16OS. The Bertz CT molecular complexity index is 682. The van der Waals surface area contributed by atoms with Gasteiger partial charge in [-0.25, -0.2) is 0 Å². The third kappa shape index (κ3) is 2.45. The SMILES string of the molecule is OCC#Cc1c(C2=CCCCC2)sc2ccccc12. The van der Waals surface area contributed by atoms with Gasteiger partial charge in [0.1, 0.15) is 6.61 Å². The highest BCUT2D eigenvalue weighted by Gasteiger charge is 2.15. The monoisotopic (exact) mass is 268 g/mol. The van der Waals surface area contributed by atoms with Gasteiger partial charge >= 0.3 is 0 Å². The molecule has 3 rings (SSSR count). The molecule has 0 spiro atoms. The lowest BCUT2D eigenvalue weighted by atomic mass is 9.96. The molecule has 0 bridgehead atoms. The molecule has 96 valence electrons. The molecule has 1 aliphatic carbocycles. The molecule has 0 amide bonds. The molecule has 1 heterocycles. The van der Waals surface area contributed by atoms with Crippen molar-refractivity contribution in [2.75, 3.05) is 6.61 Å². The van der Waals surface area contributed by atoms with Crippen molar-refractivity contribution < 1.29 is 5.11 Å². The Labute approximate surface area is 117 Å². The van der Waals surface area contributed by atoms with Gasteiger partial charge in [-0.1, -0.05) is 36.1 Å². The van der Waals surface area contributed by atoms with Crippen LogP contribution in [0.1, 0.15) is 36.1 Å². The lowest BCUT2D eigenvalue weighted by Crippen LogP contribution is -1.91. The van der Waals surface area contributed by atoms with Crippen molar-refractivity contribution in [1.82, 2.24) is 0 Å². The Kier molecular flexibility index (Phi) is 3.68. The fourth-order valence-electron chi connectivity index (χ4n) is 2.57. The normalized spacial score (nSPS) is 14.9. The van der Waals surface area contributed by atoms with Crippen LogP contribution >= 0.6 is 11.3 Å². The minimum absolute atomic E-state index is 0.0807. The average Bonchev–Trinajstić information content (AvgIpc) is 2.85. The lowest BCUT2D eigenvalue weighted by Gasteiger charge is -2.11. The third-order valence-corrected chi connectivity index (χ3v) is 4.72. The van der Waals surface area contributed by atoms with Crippen LogP contribution in [0.3, 0.4) is 0 Å². The van der Waals surface area contributed by atoms with Crippen LogP contribution in [0.5, 0.6) is 0 Å². The molecule has 1 aromatic carbocycles. The fourth-order valence-corrected chi connectivity index (χ4v) is 3.79. The maximum absolute atomic E-state index is 8.95. The first-order chi connectivity index (χ1) is 9.40. The van der Waals surface area contributed by atoms with Gasteiger partial charge in [0.2, 0.25) is 0 Å². The first-order valence-corrected chi connectivity index (χ1v) is 7.52. The van der Waals surface area contributed by atoms with E-state index in [9.17, 15) is 0 Å². The van der Waals surface area contributed by atoms with E-state index in [1.165, 1.54) is 39.8 Å². The predicted molar refractivity (Wildman–Crippen MR) is 82.2 cm³/mol. The van der Waals surface area contributed by atoms with Crippen molar-refractivity contribution in [3.8, 4) is 11.8 Å². The van der Waals surface area contributed by atoms with Crippen molar-refractivity contribution >= 4 is 27.0 Å². The largest absolute Gasteiger partial charge is 0.384 e. The number of aliphatic hydroxyl groups excluding tert-OH is 1. The molecule has 2 heteroatoms. The number of rotatable bonds is 1. The summed E-state index contributed by atoms with van der Waals surface area (Å²) >= 11 is 1.83. The number of hydrogen-bond donors (Lipinski definition) is 1. The number of aliphatic hydroxyl groups is 1. The van der Waals surface area contributed by atoms with Gasteiger partial charge in [-0.15, -0.1) is 11.3 Å². The van der Waals surface area contributed by atoms with Crippen molar-refractivity contribution in [3.05, 3.63) is 40.8 Å². The number of benzene rings is 1. The van der Waals surface area contributed by atoms with Crippen LogP contribution in [-0.2, 0) is 0 Å². The Balaban J connectivity index is 2.19. The first kappa shape index (κ1) is 12.5. The van der Waals surface area contributed by atoms with Gasteiger partial charge < -0.3 is 5.11 Å². The van der Waals surface area contributed by atoms with Gasteiger partial charge in [-0.05, 0) is 37.3 Å². The molecule has 0 radical (unpaired) electrons. The molecule has 0 unspecified atom stereocenters. The Morgan fingerprint density at radius 3 is 2.89 bits per heavy atom. The summed E-state index contributed by atoms with van der Waals surface area (Å²) in [6, 6.07) is 8.40. The van der Waals surface area contributed by atoms with Crippen molar-refractivity contribution in [2.24, 2.45) is 0 Å². The minimum atomic E-state index is -0.0807. The Hall–Kier alpha value is -1.56. The van der Waals surface area contributed by atoms with Crippen molar-refractivity contribution in [1.29, 1.82) is 0 Å². The summed E-state index contributed by atoms with van der Waals surface area (Å²) in [4.78, 5) is 1.31. The maximum atomic E-state index is 8.95. The van der Waals surface area contributed by atoms with Gasteiger partial charge in [0.25, 0.3) is 0 Å². The van der Waals surface area contributed by atoms with Crippen LogP contribution in [0.4, 0.5) is 0 Å². The first-order valence-electron chi connectivity index (χ1n) is 6.71. The highest BCUT2D eigenvalue weighted by atomic mass is 32.1. The second-order valence-corrected chi connectivity index (χ2v) is 5.79. The molecular weight excluding hydrogens is 252 g/mol. The van der Waals surface area contributed by atoms with Crippen LogP contribution < -0.4 is 0 Å². The zero-order valence-corrected chi connectivity index (χ0v) is 11.6. The van der Waals surface area contributed by atoms with E-state index < -0.39 is 0 Å². The average molecular weight is 268 g/mol. The molecule has 19 heavy (non-hydrogen) atoms. The van der Waals surface area contributed by atoms with E-state index in [1.54, 1.807) is 0 Å². The second kappa shape index (κ2) is 5.61. The van der Waals surface area contributed by atoms with E-state index >= 15 is 0 Å². The summed E-state index contributed by atoms with van der Waals surface area (Å²) in [5, 5.41) is 10.2. The fraction of sp³-hybridized carbons (Fsp3) is 0.294. The van der Waals surface area contributed by atoms with Crippen LogP contribution in [0.2, 0.25) is 0 Å². The number of fused-ring (bicyclic) bond motifs is 1. The molecule has 2 aromatic rings. The van der Waals surface area contributed by atoms with E-state index in [2.05, 4.69) is 42.2 Å². The molecule has 0 atom stereocenters. The number of thiophene rings is 1. The quantitative estimate of drug-likeness (QED) is 0.768. The third-order valence-electron chi connectivity index (χ3n) is 3.47. The smallest absolute Gasteiger partial charge is 0.104 e. The number of allylic oxidation sites excluding steroid dienone is 2. The molecule has 1 aromatic heterocycles. The molecule has 1 aliphatic rings. The summed E-state index contributed by atoms with van der Waals surface area (Å²) in [7, 11) is 0. The van der Waals surface area contributed by atoms with E-state index in [4.69, 9.17) is 5.11 Å². The molecule has 0 fully saturated rings.